The van der Waals surface area contributed by atoms with Gasteiger partial charge >= 0.3 is 5.97 Å². The van der Waals surface area contributed by atoms with Gasteiger partial charge in [-0.1, -0.05) is 17.3 Å². The summed E-state index contributed by atoms with van der Waals surface area (Å²) in [6, 6.07) is 10.7. The van der Waals surface area contributed by atoms with Crippen LogP contribution in [0.4, 0.5) is 0 Å². The molecule has 1 aromatic carbocycles. The Labute approximate surface area is 108 Å². The number of furan rings is 1. The Morgan fingerprint density at radius 1 is 1.32 bits per heavy atom. The maximum atomic E-state index is 11.8. The van der Waals surface area contributed by atoms with Crippen LogP contribution in [0.5, 0.6) is 0 Å². The molecule has 0 saturated carbocycles. The Kier molecular flexibility index (Phi) is 2.75. The smallest absolute Gasteiger partial charge is 0.376 e. The van der Waals surface area contributed by atoms with Gasteiger partial charge < -0.3 is 9.15 Å². The molecule has 0 amide bonds. The number of fused-ring (bicyclic) bond motifs is 1. The van der Waals surface area contributed by atoms with Gasteiger partial charge in [-0.2, -0.15) is 0 Å². The fraction of sp³-hybridized carbons (Fsp3) is 0.154. The number of hydrogen-bond acceptors (Lipinski definition) is 5. The van der Waals surface area contributed by atoms with Gasteiger partial charge in [-0.15, -0.1) is 5.10 Å². The highest BCUT2D eigenvalue weighted by atomic mass is 16.6. The molecule has 0 spiro atoms. The summed E-state index contributed by atoms with van der Waals surface area (Å²) >= 11 is 0. The zero-order chi connectivity index (χ0) is 13.2. The molecule has 0 fully saturated rings. The summed E-state index contributed by atoms with van der Waals surface area (Å²) in [5, 5.41) is 8.00. The Hall–Kier alpha value is -2.63. The standard InChI is InChI=1S/C13H11N3O3/c1-9(19-13(17)12-7-4-8-18-12)16-11-6-3-2-5-10(11)14-15-16/h2-9H,1H3. The first-order valence-electron chi connectivity index (χ1n) is 5.80. The topological polar surface area (TPSA) is 70.2 Å². The minimum atomic E-state index is -0.565. The van der Waals surface area contributed by atoms with Crippen molar-refractivity contribution >= 4 is 17.0 Å². The van der Waals surface area contributed by atoms with E-state index in [1.165, 1.54) is 6.26 Å². The summed E-state index contributed by atoms with van der Waals surface area (Å²) in [5.41, 5.74) is 1.56. The summed E-state index contributed by atoms with van der Waals surface area (Å²) in [6.45, 7) is 1.72. The van der Waals surface area contributed by atoms with Crippen molar-refractivity contribution in [2.45, 2.75) is 13.2 Å². The summed E-state index contributed by atoms with van der Waals surface area (Å²) in [6.07, 6.45) is 0.858. The number of esters is 1. The Balaban J connectivity index is 1.84. The first-order valence-corrected chi connectivity index (χ1v) is 5.80. The molecular weight excluding hydrogens is 246 g/mol. The van der Waals surface area contributed by atoms with Crippen molar-refractivity contribution in [2.24, 2.45) is 0 Å². The van der Waals surface area contributed by atoms with Crippen LogP contribution in [0.25, 0.3) is 11.0 Å². The van der Waals surface area contributed by atoms with Gasteiger partial charge in [0.2, 0.25) is 5.76 Å². The van der Waals surface area contributed by atoms with Gasteiger partial charge in [0.15, 0.2) is 6.23 Å². The van der Waals surface area contributed by atoms with Crippen molar-refractivity contribution in [1.82, 2.24) is 15.0 Å². The van der Waals surface area contributed by atoms with E-state index >= 15 is 0 Å². The third kappa shape index (κ3) is 2.08. The van der Waals surface area contributed by atoms with Crippen LogP contribution in [0.2, 0.25) is 0 Å². The lowest BCUT2D eigenvalue weighted by Crippen LogP contribution is -2.15. The molecule has 3 rings (SSSR count). The van der Waals surface area contributed by atoms with Gasteiger partial charge in [0.05, 0.1) is 11.8 Å². The molecule has 0 radical (unpaired) electrons. The predicted molar refractivity (Wildman–Crippen MR) is 66.4 cm³/mol. The van der Waals surface area contributed by atoms with Gasteiger partial charge in [-0.25, -0.2) is 9.48 Å². The molecule has 0 aliphatic carbocycles. The number of nitrogens with zero attached hydrogens (tertiary/aromatic N) is 3. The fourth-order valence-electron chi connectivity index (χ4n) is 1.81. The average Bonchev–Trinajstić information content (AvgIpc) is 3.08. The van der Waals surface area contributed by atoms with Crippen molar-refractivity contribution in [3.63, 3.8) is 0 Å². The van der Waals surface area contributed by atoms with E-state index in [9.17, 15) is 4.79 Å². The van der Waals surface area contributed by atoms with Gasteiger partial charge in [-0.05, 0) is 31.2 Å². The van der Waals surface area contributed by atoms with Gasteiger partial charge in [0, 0.05) is 0 Å². The Morgan fingerprint density at radius 2 is 2.16 bits per heavy atom. The number of carbonyl (C=O) groups is 1. The summed E-state index contributed by atoms with van der Waals surface area (Å²) in [4.78, 5) is 11.8. The Morgan fingerprint density at radius 3 is 2.95 bits per heavy atom. The second-order valence-electron chi connectivity index (χ2n) is 4.00. The van der Waals surface area contributed by atoms with Gasteiger partial charge in [-0.3, -0.25) is 0 Å². The van der Waals surface area contributed by atoms with Crippen LogP contribution >= 0.6 is 0 Å². The second-order valence-corrected chi connectivity index (χ2v) is 4.00. The SMILES string of the molecule is CC(OC(=O)c1ccco1)n1nnc2ccccc21. The minimum absolute atomic E-state index is 0.163. The number of hydrogen-bond donors (Lipinski definition) is 0. The van der Waals surface area contributed by atoms with Crippen LogP contribution in [-0.4, -0.2) is 21.0 Å². The predicted octanol–water partition coefficient (Wildman–Crippen LogP) is 2.40. The van der Waals surface area contributed by atoms with Gasteiger partial charge in [0.1, 0.15) is 5.52 Å². The van der Waals surface area contributed by atoms with Crippen LogP contribution in [-0.2, 0) is 4.74 Å². The third-order valence-corrected chi connectivity index (χ3v) is 2.72. The van der Waals surface area contributed by atoms with E-state index in [1.54, 1.807) is 23.7 Å². The molecule has 6 nitrogen and oxygen atoms in total. The number of ether oxygens (including phenoxy) is 1. The molecule has 0 aliphatic rings. The summed E-state index contributed by atoms with van der Waals surface area (Å²) in [7, 11) is 0. The van der Waals surface area contributed by atoms with E-state index in [2.05, 4.69) is 10.3 Å². The first kappa shape index (κ1) is 11.5. The highest BCUT2D eigenvalue weighted by Gasteiger charge is 2.18. The average molecular weight is 257 g/mol. The lowest BCUT2D eigenvalue weighted by atomic mass is 10.3. The quantitative estimate of drug-likeness (QED) is 0.674. The highest BCUT2D eigenvalue weighted by molar-refractivity contribution is 5.86. The van der Waals surface area contributed by atoms with Crippen LogP contribution in [0.15, 0.2) is 47.1 Å². The van der Waals surface area contributed by atoms with Crippen molar-refractivity contribution in [2.75, 3.05) is 0 Å². The van der Waals surface area contributed by atoms with Gasteiger partial charge in [0.25, 0.3) is 0 Å². The molecule has 0 aliphatic heterocycles. The molecule has 96 valence electrons. The molecular formula is C13H11N3O3. The molecule has 2 heterocycles. The first-order chi connectivity index (χ1) is 9.25. The summed E-state index contributed by atoms with van der Waals surface area (Å²) < 4.78 is 11.8. The number of aromatic nitrogens is 3. The number of rotatable bonds is 3. The van der Waals surface area contributed by atoms with Crippen molar-refractivity contribution < 1.29 is 13.9 Å². The van der Waals surface area contributed by atoms with Crippen LogP contribution in [0.3, 0.4) is 0 Å². The summed E-state index contributed by atoms with van der Waals surface area (Å²) in [5.74, 6) is -0.367. The molecule has 19 heavy (non-hydrogen) atoms. The van der Waals surface area contributed by atoms with Crippen molar-refractivity contribution in [3.8, 4) is 0 Å². The van der Waals surface area contributed by atoms with Crippen LogP contribution < -0.4 is 0 Å². The van der Waals surface area contributed by atoms with E-state index in [0.717, 1.165) is 11.0 Å². The molecule has 1 atom stereocenters. The molecule has 0 bridgehead atoms. The largest absolute Gasteiger partial charge is 0.457 e. The monoisotopic (exact) mass is 257 g/mol. The second kappa shape index (κ2) is 4.56. The van der Waals surface area contributed by atoms with E-state index < -0.39 is 12.2 Å². The van der Waals surface area contributed by atoms with E-state index in [4.69, 9.17) is 9.15 Å². The van der Waals surface area contributed by atoms with Crippen LogP contribution in [0.1, 0.15) is 23.7 Å². The Bertz CT molecular complexity index is 703. The lowest BCUT2D eigenvalue weighted by Gasteiger charge is -2.12. The zero-order valence-corrected chi connectivity index (χ0v) is 10.2. The number of benzene rings is 1. The van der Waals surface area contributed by atoms with E-state index in [-0.39, 0.29) is 5.76 Å². The lowest BCUT2D eigenvalue weighted by molar-refractivity contribution is 0.00933. The maximum absolute atomic E-state index is 11.8. The normalized spacial score (nSPS) is 12.5. The molecule has 3 aromatic rings. The van der Waals surface area contributed by atoms with E-state index in [1.807, 2.05) is 24.3 Å². The molecule has 0 N–H and O–H groups in total. The zero-order valence-electron chi connectivity index (χ0n) is 10.2. The minimum Gasteiger partial charge on any atom is -0.457 e. The highest BCUT2D eigenvalue weighted by Crippen LogP contribution is 2.17. The third-order valence-electron chi connectivity index (χ3n) is 2.72. The number of para-hydroxylation sites is 1. The fourth-order valence-corrected chi connectivity index (χ4v) is 1.81. The van der Waals surface area contributed by atoms with E-state index in [0.29, 0.717) is 0 Å². The molecule has 6 heteroatoms. The molecule has 1 unspecified atom stereocenters. The molecule has 0 saturated heterocycles. The maximum Gasteiger partial charge on any atom is 0.376 e. The van der Waals surface area contributed by atoms with Crippen LogP contribution in [0, 0.1) is 0 Å². The number of carbonyl (C=O) groups excluding carboxylic acids is 1. The van der Waals surface area contributed by atoms with Crippen molar-refractivity contribution in [3.05, 3.63) is 48.4 Å². The van der Waals surface area contributed by atoms with Crippen molar-refractivity contribution in [1.29, 1.82) is 0 Å². The molecule has 2 aromatic heterocycles.